The minimum atomic E-state index is -0.244. The van der Waals surface area contributed by atoms with Crippen molar-refractivity contribution in [3.8, 4) is 0 Å². The molecule has 0 N–H and O–H groups in total. The van der Waals surface area contributed by atoms with Crippen LogP contribution in [-0.2, 0) is 14.3 Å². The molecule has 0 radical (unpaired) electrons. The van der Waals surface area contributed by atoms with Crippen LogP contribution in [0.1, 0.15) is 6.42 Å². The fraction of sp³-hybridized carbons (Fsp3) is 0.444. The highest BCUT2D eigenvalue weighted by atomic mass is 16.5. The average molecular weight is 168 g/mol. The maximum atomic E-state index is 10.6. The SMILES string of the molecule is COC1=C(C=O)C(OC)C=CC1. The lowest BCUT2D eigenvalue weighted by Crippen LogP contribution is -2.17. The molecule has 3 heteroatoms. The van der Waals surface area contributed by atoms with Crippen LogP contribution in [0, 0.1) is 0 Å². The van der Waals surface area contributed by atoms with Crippen LogP contribution in [0.3, 0.4) is 0 Å². The minimum absolute atomic E-state index is 0.244. The van der Waals surface area contributed by atoms with E-state index in [2.05, 4.69) is 0 Å². The van der Waals surface area contributed by atoms with Crippen molar-refractivity contribution in [3.05, 3.63) is 23.5 Å². The molecule has 0 aliphatic heterocycles. The van der Waals surface area contributed by atoms with E-state index in [0.29, 0.717) is 17.8 Å². The van der Waals surface area contributed by atoms with Crippen LogP contribution in [-0.4, -0.2) is 26.6 Å². The van der Waals surface area contributed by atoms with Crippen molar-refractivity contribution in [2.45, 2.75) is 12.5 Å². The molecule has 0 amide bonds. The number of hydrogen-bond acceptors (Lipinski definition) is 3. The summed E-state index contributed by atoms with van der Waals surface area (Å²) in [6.07, 6.45) is 5.00. The van der Waals surface area contributed by atoms with E-state index in [4.69, 9.17) is 9.47 Å². The number of rotatable bonds is 3. The Hall–Kier alpha value is -1.09. The molecule has 1 aliphatic carbocycles. The van der Waals surface area contributed by atoms with Gasteiger partial charge in [0.2, 0.25) is 0 Å². The normalized spacial score (nSPS) is 22.7. The van der Waals surface area contributed by atoms with E-state index in [1.165, 1.54) is 0 Å². The highest BCUT2D eigenvalue weighted by Gasteiger charge is 2.18. The molecular formula is C9H12O3. The molecule has 0 saturated heterocycles. The van der Waals surface area contributed by atoms with Crippen molar-refractivity contribution in [1.82, 2.24) is 0 Å². The zero-order chi connectivity index (χ0) is 8.97. The van der Waals surface area contributed by atoms with E-state index >= 15 is 0 Å². The van der Waals surface area contributed by atoms with Gasteiger partial charge in [-0.15, -0.1) is 0 Å². The van der Waals surface area contributed by atoms with Crippen LogP contribution < -0.4 is 0 Å². The summed E-state index contributed by atoms with van der Waals surface area (Å²) in [4.78, 5) is 10.6. The fourth-order valence-electron chi connectivity index (χ4n) is 1.22. The Bertz CT molecular complexity index is 228. The molecule has 1 atom stereocenters. The van der Waals surface area contributed by atoms with E-state index in [0.717, 1.165) is 6.29 Å². The number of hydrogen-bond donors (Lipinski definition) is 0. The molecule has 12 heavy (non-hydrogen) atoms. The Balaban J connectivity index is 2.89. The quantitative estimate of drug-likeness (QED) is 0.467. The third kappa shape index (κ3) is 1.56. The van der Waals surface area contributed by atoms with E-state index < -0.39 is 0 Å². The van der Waals surface area contributed by atoms with Gasteiger partial charge >= 0.3 is 0 Å². The Labute approximate surface area is 71.7 Å². The first-order valence-corrected chi connectivity index (χ1v) is 3.75. The molecule has 0 aromatic carbocycles. The van der Waals surface area contributed by atoms with Crippen molar-refractivity contribution in [2.75, 3.05) is 14.2 Å². The standard InChI is InChI=1S/C9H12O3/c1-11-8-4-3-5-9(12-2)7(8)6-10/h3-4,6,8H,5H2,1-2H3. The van der Waals surface area contributed by atoms with Crippen LogP contribution in [0.15, 0.2) is 23.5 Å². The maximum absolute atomic E-state index is 10.6. The molecule has 0 heterocycles. The number of aldehydes is 1. The zero-order valence-electron chi connectivity index (χ0n) is 7.24. The maximum Gasteiger partial charge on any atom is 0.152 e. The Morgan fingerprint density at radius 1 is 1.58 bits per heavy atom. The summed E-state index contributed by atoms with van der Waals surface area (Å²) in [5, 5.41) is 0. The van der Waals surface area contributed by atoms with Crippen molar-refractivity contribution in [1.29, 1.82) is 0 Å². The van der Waals surface area contributed by atoms with Gasteiger partial charge in [0.15, 0.2) is 6.29 Å². The number of carbonyl (C=O) groups excluding carboxylic acids is 1. The number of methoxy groups -OCH3 is 2. The number of allylic oxidation sites excluding steroid dienone is 1. The summed E-state index contributed by atoms with van der Waals surface area (Å²) in [6, 6.07) is 0. The summed E-state index contributed by atoms with van der Waals surface area (Å²) in [5.74, 6) is 0.694. The second kappa shape index (κ2) is 4.07. The molecule has 3 nitrogen and oxygen atoms in total. The lowest BCUT2D eigenvalue weighted by molar-refractivity contribution is -0.106. The lowest BCUT2D eigenvalue weighted by atomic mass is 10.0. The highest BCUT2D eigenvalue weighted by Crippen LogP contribution is 2.20. The van der Waals surface area contributed by atoms with Crippen molar-refractivity contribution in [2.24, 2.45) is 0 Å². The molecular weight excluding hydrogens is 156 g/mol. The highest BCUT2D eigenvalue weighted by molar-refractivity contribution is 5.77. The molecule has 1 unspecified atom stereocenters. The van der Waals surface area contributed by atoms with E-state index in [1.807, 2.05) is 12.2 Å². The first-order chi connectivity index (χ1) is 5.83. The number of ether oxygens (including phenoxy) is 2. The molecule has 0 bridgehead atoms. The van der Waals surface area contributed by atoms with Crippen LogP contribution in [0.4, 0.5) is 0 Å². The molecule has 1 aliphatic rings. The van der Waals surface area contributed by atoms with Crippen LogP contribution in [0.25, 0.3) is 0 Å². The van der Waals surface area contributed by atoms with Gasteiger partial charge in [-0.1, -0.05) is 12.2 Å². The Morgan fingerprint density at radius 2 is 2.33 bits per heavy atom. The summed E-state index contributed by atoms with van der Waals surface area (Å²) in [6.45, 7) is 0. The second-order valence-corrected chi connectivity index (χ2v) is 2.49. The van der Waals surface area contributed by atoms with Crippen molar-refractivity contribution >= 4 is 6.29 Å². The first-order valence-electron chi connectivity index (χ1n) is 3.75. The monoisotopic (exact) mass is 168 g/mol. The molecule has 0 fully saturated rings. The Kier molecular flexibility index (Phi) is 3.05. The van der Waals surface area contributed by atoms with Crippen LogP contribution >= 0.6 is 0 Å². The molecule has 0 spiro atoms. The van der Waals surface area contributed by atoms with E-state index in [9.17, 15) is 4.79 Å². The summed E-state index contributed by atoms with van der Waals surface area (Å²) in [7, 11) is 3.13. The number of carbonyl (C=O) groups is 1. The van der Waals surface area contributed by atoms with Gasteiger partial charge in [-0.3, -0.25) is 4.79 Å². The van der Waals surface area contributed by atoms with Crippen molar-refractivity contribution < 1.29 is 14.3 Å². The van der Waals surface area contributed by atoms with Gasteiger partial charge in [0, 0.05) is 13.5 Å². The van der Waals surface area contributed by atoms with Gasteiger partial charge in [-0.05, 0) is 0 Å². The Morgan fingerprint density at radius 3 is 2.83 bits per heavy atom. The van der Waals surface area contributed by atoms with Crippen molar-refractivity contribution in [3.63, 3.8) is 0 Å². The predicted octanol–water partition coefficient (Wildman–Crippen LogP) is 1.06. The molecule has 66 valence electrons. The largest absolute Gasteiger partial charge is 0.500 e. The predicted molar refractivity (Wildman–Crippen MR) is 44.7 cm³/mol. The minimum Gasteiger partial charge on any atom is -0.500 e. The third-order valence-corrected chi connectivity index (χ3v) is 1.87. The van der Waals surface area contributed by atoms with E-state index in [-0.39, 0.29) is 6.10 Å². The molecule has 0 saturated carbocycles. The lowest BCUT2D eigenvalue weighted by Gasteiger charge is -2.18. The van der Waals surface area contributed by atoms with Crippen LogP contribution in [0.5, 0.6) is 0 Å². The van der Waals surface area contributed by atoms with Gasteiger partial charge in [-0.25, -0.2) is 0 Å². The van der Waals surface area contributed by atoms with Gasteiger partial charge in [0.25, 0.3) is 0 Å². The first kappa shape index (κ1) is 9.00. The van der Waals surface area contributed by atoms with Gasteiger partial charge in [0.05, 0.1) is 12.7 Å². The molecule has 0 aromatic rings. The zero-order valence-corrected chi connectivity index (χ0v) is 7.24. The molecule has 1 rings (SSSR count). The van der Waals surface area contributed by atoms with Gasteiger partial charge in [-0.2, -0.15) is 0 Å². The van der Waals surface area contributed by atoms with E-state index in [1.54, 1.807) is 14.2 Å². The topological polar surface area (TPSA) is 35.5 Å². The summed E-state index contributed by atoms with van der Waals surface area (Å²) < 4.78 is 10.1. The average Bonchev–Trinajstić information content (AvgIpc) is 2.16. The van der Waals surface area contributed by atoms with Gasteiger partial charge < -0.3 is 9.47 Å². The summed E-state index contributed by atoms with van der Waals surface area (Å²) >= 11 is 0. The fourth-order valence-corrected chi connectivity index (χ4v) is 1.22. The summed E-state index contributed by atoms with van der Waals surface area (Å²) in [5.41, 5.74) is 0.586. The second-order valence-electron chi connectivity index (χ2n) is 2.49. The van der Waals surface area contributed by atoms with Crippen LogP contribution in [0.2, 0.25) is 0 Å². The third-order valence-electron chi connectivity index (χ3n) is 1.87. The van der Waals surface area contributed by atoms with Gasteiger partial charge in [0.1, 0.15) is 11.9 Å². The smallest absolute Gasteiger partial charge is 0.152 e. The molecule has 0 aromatic heterocycles.